The van der Waals surface area contributed by atoms with Crippen LogP contribution in [-0.2, 0) is 9.53 Å². The maximum Gasteiger partial charge on any atom is 0.308 e. The van der Waals surface area contributed by atoms with Crippen molar-refractivity contribution >= 4 is 5.97 Å². The van der Waals surface area contributed by atoms with Crippen molar-refractivity contribution < 1.29 is 9.53 Å². The molecule has 3 nitrogen and oxygen atoms in total. The highest BCUT2D eigenvalue weighted by Crippen LogP contribution is 2.25. The average molecular weight is 241 g/mol. The van der Waals surface area contributed by atoms with Gasteiger partial charge in [-0.1, -0.05) is 39.0 Å². The van der Waals surface area contributed by atoms with Gasteiger partial charge in [-0.05, 0) is 25.7 Å². The molecule has 0 saturated heterocycles. The summed E-state index contributed by atoms with van der Waals surface area (Å²) in [6, 6.07) is 0.210. The summed E-state index contributed by atoms with van der Waals surface area (Å²) in [4.78, 5) is 11.6. The number of hydrogen-bond donors (Lipinski definition) is 1. The van der Waals surface area contributed by atoms with Crippen molar-refractivity contribution in [2.24, 2.45) is 11.7 Å². The van der Waals surface area contributed by atoms with Crippen molar-refractivity contribution in [3.8, 4) is 0 Å². The third-order valence-electron chi connectivity index (χ3n) is 3.55. The molecule has 0 amide bonds. The lowest BCUT2D eigenvalue weighted by Crippen LogP contribution is -2.19. The first kappa shape index (κ1) is 14.5. The Morgan fingerprint density at radius 2 is 1.88 bits per heavy atom. The van der Waals surface area contributed by atoms with Crippen LogP contribution in [0.4, 0.5) is 0 Å². The zero-order valence-corrected chi connectivity index (χ0v) is 11.1. The van der Waals surface area contributed by atoms with Crippen molar-refractivity contribution in [3.63, 3.8) is 0 Å². The van der Waals surface area contributed by atoms with E-state index in [9.17, 15) is 4.79 Å². The fourth-order valence-corrected chi connectivity index (χ4v) is 2.40. The van der Waals surface area contributed by atoms with E-state index in [1.807, 2.05) is 0 Å². The van der Waals surface area contributed by atoms with Crippen LogP contribution in [0.5, 0.6) is 0 Å². The number of esters is 1. The first-order valence-corrected chi connectivity index (χ1v) is 7.16. The molecule has 1 rings (SSSR count). The van der Waals surface area contributed by atoms with Gasteiger partial charge >= 0.3 is 5.97 Å². The van der Waals surface area contributed by atoms with Crippen LogP contribution in [0, 0.1) is 5.92 Å². The van der Waals surface area contributed by atoms with Crippen LogP contribution < -0.4 is 5.73 Å². The molecule has 0 bridgehead atoms. The van der Waals surface area contributed by atoms with E-state index < -0.39 is 0 Å². The second-order valence-corrected chi connectivity index (χ2v) is 5.21. The van der Waals surface area contributed by atoms with Gasteiger partial charge in [0.1, 0.15) is 0 Å². The number of carbonyl (C=O) groups excluding carboxylic acids is 1. The molecule has 2 unspecified atom stereocenters. The predicted octanol–water partition coefficient (Wildman–Crippen LogP) is 3.02. The topological polar surface area (TPSA) is 52.3 Å². The highest BCUT2D eigenvalue weighted by atomic mass is 16.5. The normalized spacial score (nSPS) is 23.9. The number of nitrogens with two attached hydrogens (primary N) is 1. The van der Waals surface area contributed by atoms with Gasteiger partial charge in [-0.25, -0.2) is 0 Å². The van der Waals surface area contributed by atoms with E-state index in [0.717, 1.165) is 25.7 Å². The van der Waals surface area contributed by atoms with Gasteiger partial charge in [-0.15, -0.1) is 0 Å². The average Bonchev–Trinajstić information content (AvgIpc) is 2.74. The van der Waals surface area contributed by atoms with Crippen LogP contribution >= 0.6 is 0 Å². The number of rotatable bonds is 8. The number of unbranched alkanes of at least 4 members (excludes halogenated alkanes) is 5. The first-order valence-electron chi connectivity index (χ1n) is 7.16. The lowest BCUT2D eigenvalue weighted by Gasteiger charge is -2.09. The molecule has 1 aliphatic carbocycles. The molecule has 1 fully saturated rings. The van der Waals surface area contributed by atoms with Gasteiger partial charge in [0, 0.05) is 6.04 Å². The summed E-state index contributed by atoms with van der Waals surface area (Å²) in [5, 5.41) is 0. The van der Waals surface area contributed by atoms with Crippen LogP contribution in [0.3, 0.4) is 0 Å². The molecule has 0 aromatic carbocycles. The third-order valence-corrected chi connectivity index (χ3v) is 3.55. The molecule has 0 aliphatic heterocycles. The molecule has 1 aliphatic rings. The highest BCUT2D eigenvalue weighted by molar-refractivity contribution is 5.72. The zero-order chi connectivity index (χ0) is 12.5. The minimum atomic E-state index is -0.0218. The number of ether oxygens (including phenoxy) is 1. The van der Waals surface area contributed by atoms with Crippen molar-refractivity contribution in [3.05, 3.63) is 0 Å². The van der Waals surface area contributed by atoms with Crippen molar-refractivity contribution in [2.45, 2.75) is 70.8 Å². The summed E-state index contributed by atoms with van der Waals surface area (Å²) in [7, 11) is 0. The molecule has 2 N–H and O–H groups in total. The standard InChI is InChI=1S/C14H27NO2/c1-2-3-4-5-6-7-10-17-14(16)12-8-9-13(15)11-12/h12-13H,2-11,15H2,1H3. The summed E-state index contributed by atoms with van der Waals surface area (Å²) in [5.74, 6) is 0.0524. The second kappa shape index (κ2) is 8.51. The van der Waals surface area contributed by atoms with Crippen molar-refractivity contribution in [2.75, 3.05) is 6.61 Å². The van der Waals surface area contributed by atoms with Gasteiger partial charge in [-0.3, -0.25) is 4.79 Å². The molecular weight excluding hydrogens is 214 g/mol. The van der Waals surface area contributed by atoms with Gasteiger partial charge in [0.05, 0.1) is 12.5 Å². The van der Waals surface area contributed by atoms with E-state index in [4.69, 9.17) is 10.5 Å². The zero-order valence-electron chi connectivity index (χ0n) is 11.1. The summed E-state index contributed by atoms with van der Waals surface area (Å²) in [6.45, 7) is 2.81. The summed E-state index contributed by atoms with van der Waals surface area (Å²) in [6.07, 6.45) is 10.0. The lowest BCUT2D eigenvalue weighted by molar-refractivity contribution is -0.148. The quantitative estimate of drug-likeness (QED) is 0.525. The molecule has 1 saturated carbocycles. The van der Waals surface area contributed by atoms with Crippen LogP contribution in [0.15, 0.2) is 0 Å². The summed E-state index contributed by atoms with van der Waals surface area (Å²) in [5.41, 5.74) is 5.78. The number of hydrogen-bond acceptors (Lipinski definition) is 3. The third kappa shape index (κ3) is 6.06. The van der Waals surface area contributed by atoms with Gasteiger partial charge in [-0.2, -0.15) is 0 Å². The molecule has 0 aromatic rings. The molecule has 3 heteroatoms. The maximum absolute atomic E-state index is 11.6. The minimum absolute atomic E-state index is 0.0218. The van der Waals surface area contributed by atoms with Gasteiger partial charge in [0.15, 0.2) is 0 Å². The molecule has 0 heterocycles. The van der Waals surface area contributed by atoms with Crippen LogP contribution in [0.2, 0.25) is 0 Å². The van der Waals surface area contributed by atoms with Crippen LogP contribution in [0.1, 0.15) is 64.7 Å². The largest absolute Gasteiger partial charge is 0.465 e. The van der Waals surface area contributed by atoms with E-state index >= 15 is 0 Å². The monoisotopic (exact) mass is 241 g/mol. The Labute approximate surface area is 105 Å². The van der Waals surface area contributed by atoms with Gasteiger partial charge in [0.2, 0.25) is 0 Å². The predicted molar refractivity (Wildman–Crippen MR) is 69.7 cm³/mol. The minimum Gasteiger partial charge on any atom is -0.465 e. The van der Waals surface area contributed by atoms with E-state index in [0.29, 0.717) is 6.61 Å². The molecule has 0 aromatic heterocycles. The van der Waals surface area contributed by atoms with E-state index in [-0.39, 0.29) is 17.9 Å². The Bertz CT molecular complexity index is 218. The Morgan fingerprint density at radius 3 is 2.53 bits per heavy atom. The molecule has 2 atom stereocenters. The second-order valence-electron chi connectivity index (χ2n) is 5.21. The number of carbonyl (C=O) groups is 1. The molecule has 0 spiro atoms. The van der Waals surface area contributed by atoms with Gasteiger partial charge < -0.3 is 10.5 Å². The van der Waals surface area contributed by atoms with Gasteiger partial charge in [0.25, 0.3) is 0 Å². The smallest absolute Gasteiger partial charge is 0.308 e. The van der Waals surface area contributed by atoms with Crippen LogP contribution in [-0.4, -0.2) is 18.6 Å². The fourth-order valence-electron chi connectivity index (χ4n) is 2.40. The van der Waals surface area contributed by atoms with Crippen LogP contribution in [0.25, 0.3) is 0 Å². The Hall–Kier alpha value is -0.570. The molecular formula is C14H27NO2. The van der Waals surface area contributed by atoms with E-state index in [1.54, 1.807) is 0 Å². The first-order chi connectivity index (χ1) is 8.24. The fraction of sp³-hybridized carbons (Fsp3) is 0.929. The Kier molecular flexibility index (Phi) is 7.25. The SMILES string of the molecule is CCCCCCCCOC(=O)C1CCC(N)C1. The molecule has 0 radical (unpaired) electrons. The molecule has 17 heavy (non-hydrogen) atoms. The van der Waals surface area contributed by atoms with Crippen molar-refractivity contribution in [1.82, 2.24) is 0 Å². The summed E-state index contributed by atoms with van der Waals surface area (Å²) >= 11 is 0. The Balaban J connectivity index is 1.93. The Morgan fingerprint density at radius 1 is 1.18 bits per heavy atom. The highest BCUT2D eigenvalue weighted by Gasteiger charge is 2.28. The lowest BCUT2D eigenvalue weighted by atomic mass is 10.1. The summed E-state index contributed by atoms with van der Waals surface area (Å²) < 4.78 is 5.29. The van der Waals surface area contributed by atoms with E-state index in [2.05, 4.69) is 6.92 Å². The molecule has 100 valence electrons. The van der Waals surface area contributed by atoms with Crippen molar-refractivity contribution in [1.29, 1.82) is 0 Å². The van der Waals surface area contributed by atoms with E-state index in [1.165, 1.54) is 32.1 Å². The maximum atomic E-state index is 11.6.